The summed E-state index contributed by atoms with van der Waals surface area (Å²) in [5.74, 6) is -1.68. The summed E-state index contributed by atoms with van der Waals surface area (Å²) in [6, 6.07) is 8.02. The number of fused-ring (bicyclic) bond motifs is 2. The molecule has 1 amide bonds. The summed E-state index contributed by atoms with van der Waals surface area (Å²) in [6.45, 7) is 1.67. The van der Waals surface area contributed by atoms with Crippen molar-refractivity contribution >= 4 is 11.9 Å². The molecule has 0 atom stereocenters. The first-order valence-electron chi connectivity index (χ1n) is 8.57. The van der Waals surface area contributed by atoms with Gasteiger partial charge in [0.15, 0.2) is 0 Å². The van der Waals surface area contributed by atoms with Crippen molar-refractivity contribution in [1.82, 2.24) is 4.90 Å². The highest BCUT2D eigenvalue weighted by Crippen LogP contribution is 2.27. The Kier molecular flexibility index (Phi) is 4.20. The number of aromatic carboxylic acids is 1. The van der Waals surface area contributed by atoms with E-state index in [1.807, 2.05) is 12.1 Å². The maximum atomic E-state index is 14.0. The molecule has 2 aliphatic heterocycles. The molecule has 2 aliphatic rings. The Morgan fingerprint density at radius 1 is 1.08 bits per heavy atom. The average molecular weight is 355 g/mol. The van der Waals surface area contributed by atoms with Gasteiger partial charge in [-0.1, -0.05) is 6.07 Å². The van der Waals surface area contributed by atoms with Crippen LogP contribution >= 0.6 is 0 Å². The molecule has 2 aromatic rings. The highest BCUT2D eigenvalue weighted by atomic mass is 19.1. The second-order valence-electron chi connectivity index (χ2n) is 6.62. The molecule has 0 fully saturated rings. The van der Waals surface area contributed by atoms with Crippen LogP contribution in [0.15, 0.2) is 30.3 Å². The molecule has 0 saturated carbocycles. The van der Waals surface area contributed by atoms with Gasteiger partial charge >= 0.3 is 5.97 Å². The topological polar surface area (TPSA) is 66.8 Å². The van der Waals surface area contributed by atoms with E-state index in [1.165, 1.54) is 12.1 Å². The maximum Gasteiger partial charge on any atom is 0.336 e. The predicted octanol–water partition coefficient (Wildman–Crippen LogP) is 2.80. The van der Waals surface area contributed by atoms with E-state index in [0.29, 0.717) is 42.9 Å². The third kappa shape index (κ3) is 2.86. The number of rotatable bonds is 2. The molecule has 4 rings (SSSR count). The number of hydrogen-bond acceptors (Lipinski definition) is 3. The lowest BCUT2D eigenvalue weighted by atomic mass is 9.93. The van der Waals surface area contributed by atoms with Gasteiger partial charge in [-0.3, -0.25) is 4.79 Å². The molecule has 0 bridgehead atoms. The predicted molar refractivity (Wildman–Crippen MR) is 91.6 cm³/mol. The van der Waals surface area contributed by atoms with Crippen molar-refractivity contribution in [1.29, 1.82) is 0 Å². The van der Waals surface area contributed by atoms with Crippen molar-refractivity contribution in [3.63, 3.8) is 0 Å². The Labute approximate surface area is 150 Å². The minimum Gasteiger partial charge on any atom is -0.478 e. The van der Waals surface area contributed by atoms with E-state index in [-0.39, 0.29) is 18.0 Å². The van der Waals surface area contributed by atoms with Crippen molar-refractivity contribution < 1.29 is 23.8 Å². The number of carboxylic acid groups (broad SMARTS) is 1. The zero-order valence-electron chi connectivity index (χ0n) is 14.1. The molecule has 2 aromatic carbocycles. The van der Waals surface area contributed by atoms with E-state index in [1.54, 1.807) is 11.0 Å². The van der Waals surface area contributed by atoms with E-state index >= 15 is 0 Å². The lowest BCUT2D eigenvalue weighted by Crippen LogP contribution is -2.37. The largest absolute Gasteiger partial charge is 0.478 e. The van der Waals surface area contributed by atoms with E-state index in [9.17, 15) is 19.1 Å². The number of ether oxygens (including phenoxy) is 1. The molecule has 0 saturated heterocycles. The number of halogens is 1. The fourth-order valence-electron chi connectivity index (χ4n) is 3.69. The number of benzene rings is 2. The second kappa shape index (κ2) is 6.53. The van der Waals surface area contributed by atoms with Crippen LogP contribution in [-0.2, 0) is 30.7 Å². The molecule has 6 heteroatoms. The highest BCUT2D eigenvalue weighted by molar-refractivity contribution is 5.95. The smallest absolute Gasteiger partial charge is 0.336 e. The van der Waals surface area contributed by atoms with Gasteiger partial charge in [-0.05, 0) is 59.4 Å². The van der Waals surface area contributed by atoms with E-state index < -0.39 is 11.8 Å². The normalized spacial score (nSPS) is 16.0. The maximum absolute atomic E-state index is 14.0. The number of amides is 1. The van der Waals surface area contributed by atoms with Gasteiger partial charge in [-0.2, -0.15) is 0 Å². The van der Waals surface area contributed by atoms with Crippen LogP contribution in [0, 0.1) is 5.82 Å². The van der Waals surface area contributed by atoms with Crippen LogP contribution in [0.3, 0.4) is 0 Å². The van der Waals surface area contributed by atoms with Gasteiger partial charge in [-0.15, -0.1) is 0 Å². The zero-order chi connectivity index (χ0) is 18.3. The first kappa shape index (κ1) is 16.7. The molecular formula is C20H18FNO4. The molecule has 0 aromatic heterocycles. The standard InChI is InChI=1S/C20H18FNO4/c21-18-4-3-16(20(24)25)17-10-22(7-5-15(17)18)19(23)13-1-2-14-11-26-8-6-12(14)9-13/h1-4,9H,5-8,10-11H2,(H,24,25). The Hall–Kier alpha value is -2.73. The van der Waals surface area contributed by atoms with Crippen molar-refractivity contribution in [2.75, 3.05) is 13.2 Å². The first-order valence-corrected chi connectivity index (χ1v) is 8.57. The van der Waals surface area contributed by atoms with Gasteiger partial charge in [0.2, 0.25) is 0 Å². The summed E-state index contributed by atoms with van der Waals surface area (Å²) in [5, 5.41) is 9.37. The summed E-state index contributed by atoms with van der Waals surface area (Å²) in [7, 11) is 0. The molecular weight excluding hydrogens is 337 g/mol. The molecule has 0 aliphatic carbocycles. The Morgan fingerprint density at radius 2 is 1.92 bits per heavy atom. The van der Waals surface area contributed by atoms with Crippen LogP contribution in [0.1, 0.15) is 43.0 Å². The molecule has 1 N–H and O–H groups in total. The fraction of sp³-hybridized carbons (Fsp3) is 0.300. The second-order valence-corrected chi connectivity index (χ2v) is 6.62. The van der Waals surface area contributed by atoms with Gasteiger partial charge in [0.25, 0.3) is 5.91 Å². The molecule has 26 heavy (non-hydrogen) atoms. The highest BCUT2D eigenvalue weighted by Gasteiger charge is 2.28. The van der Waals surface area contributed by atoms with Gasteiger partial charge in [0.05, 0.1) is 18.8 Å². The van der Waals surface area contributed by atoms with Gasteiger partial charge in [0.1, 0.15) is 5.82 Å². The van der Waals surface area contributed by atoms with E-state index in [0.717, 1.165) is 17.5 Å². The van der Waals surface area contributed by atoms with Crippen molar-refractivity contribution in [3.8, 4) is 0 Å². The summed E-state index contributed by atoms with van der Waals surface area (Å²) in [4.78, 5) is 26.0. The van der Waals surface area contributed by atoms with E-state index in [4.69, 9.17) is 4.74 Å². The number of hydrogen-bond donors (Lipinski definition) is 1. The molecule has 2 heterocycles. The molecule has 0 spiro atoms. The average Bonchev–Trinajstić information content (AvgIpc) is 2.66. The Morgan fingerprint density at radius 3 is 2.73 bits per heavy atom. The molecule has 0 radical (unpaired) electrons. The van der Waals surface area contributed by atoms with Crippen LogP contribution in [0.2, 0.25) is 0 Å². The first-order chi connectivity index (χ1) is 12.5. The minimum absolute atomic E-state index is 0.0569. The zero-order valence-corrected chi connectivity index (χ0v) is 14.1. The number of nitrogens with zero attached hydrogens (tertiary/aromatic N) is 1. The van der Waals surface area contributed by atoms with Crippen LogP contribution in [0.5, 0.6) is 0 Å². The van der Waals surface area contributed by atoms with Crippen molar-refractivity contribution in [3.05, 3.63) is 69.5 Å². The molecule has 5 nitrogen and oxygen atoms in total. The third-order valence-corrected chi connectivity index (χ3v) is 5.10. The molecule has 0 unspecified atom stereocenters. The van der Waals surface area contributed by atoms with Crippen LogP contribution < -0.4 is 0 Å². The van der Waals surface area contributed by atoms with Gasteiger partial charge in [-0.25, -0.2) is 9.18 Å². The lowest BCUT2D eigenvalue weighted by molar-refractivity contribution is 0.0677. The third-order valence-electron chi connectivity index (χ3n) is 5.10. The fourth-order valence-corrected chi connectivity index (χ4v) is 3.69. The van der Waals surface area contributed by atoms with Crippen molar-refractivity contribution in [2.24, 2.45) is 0 Å². The summed E-state index contributed by atoms with van der Waals surface area (Å²) >= 11 is 0. The van der Waals surface area contributed by atoms with Gasteiger partial charge < -0.3 is 14.7 Å². The minimum atomic E-state index is -1.11. The van der Waals surface area contributed by atoms with Crippen LogP contribution in [-0.4, -0.2) is 35.0 Å². The molecule has 134 valence electrons. The number of carboxylic acids is 1. The van der Waals surface area contributed by atoms with Gasteiger partial charge in [0, 0.05) is 18.7 Å². The summed E-state index contributed by atoms with van der Waals surface area (Å²) in [6.07, 6.45) is 1.08. The van der Waals surface area contributed by atoms with Crippen LogP contribution in [0.25, 0.3) is 0 Å². The summed E-state index contributed by atoms with van der Waals surface area (Å²) < 4.78 is 19.5. The van der Waals surface area contributed by atoms with Crippen molar-refractivity contribution in [2.45, 2.75) is 26.0 Å². The Balaban J connectivity index is 1.64. The number of carbonyl (C=O) groups is 2. The lowest BCUT2D eigenvalue weighted by Gasteiger charge is -2.30. The van der Waals surface area contributed by atoms with Crippen LogP contribution in [0.4, 0.5) is 4.39 Å². The SMILES string of the molecule is O=C(O)c1ccc(F)c2c1CN(C(=O)c1ccc3c(c1)CCOC3)CC2. The number of carbonyl (C=O) groups excluding carboxylic acids is 1. The quantitative estimate of drug-likeness (QED) is 0.900. The monoisotopic (exact) mass is 355 g/mol. The summed E-state index contributed by atoms with van der Waals surface area (Å²) in [5.41, 5.74) is 3.62. The van der Waals surface area contributed by atoms with E-state index in [2.05, 4.69) is 0 Å². The Bertz CT molecular complexity index is 909.